The number of nitrogens with zero attached hydrogens (tertiary/aromatic N) is 1. The Morgan fingerprint density at radius 1 is 1.32 bits per heavy atom. The zero-order chi connectivity index (χ0) is 13.8. The molecule has 106 valence electrons. The molecule has 1 aliphatic heterocycles. The predicted molar refractivity (Wildman–Crippen MR) is 72.8 cm³/mol. The van der Waals surface area contributed by atoms with Crippen LogP contribution in [-0.2, 0) is 0 Å². The van der Waals surface area contributed by atoms with Gasteiger partial charge in [0, 0.05) is 17.6 Å². The highest BCUT2D eigenvalue weighted by Gasteiger charge is 2.29. The summed E-state index contributed by atoms with van der Waals surface area (Å²) in [6.07, 6.45) is 4.22. The molecule has 4 heteroatoms. The topological polar surface area (TPSA) is 29.3 Å². The minimum absolute atomic E-state index is 0.187. The Hall–Kier alpha value is -1.00. The molecule has 1 heterocycles. The Morgan fingerprint density at radius 3 is 2.63 bits per heavy atom. The maximum Gasteiger partial charge on any atom is 0.130 e. The summed E-state index contributed by atoms with van der Waals surface area (Å²) in [4.78, 5) is 2.21. The molecule has 0 aliphatic carbocycles. The lowest BCUT2D eigenvalue weighted by atomic mass is 9.94. The lowest BCUT2D eigenvalue weighted by molar-refractivity contribution is 0.0946. The van der Waals surface area contributed by atoms with Crippen LogP contribution in [0.4, 0.5) is 8.78 Å². The molecule has 1 saturated heterocycles. The first-order chi connectivity index (χ1) is 9.15. The van der Waals surface area contributed by atoms with Crippen LogP contribution in [0.15, 0.2) is 18.2 Å². The van der Waals surface area contributed by atoms with Crippen LogP contribution >= 0.6 is 0 Å². The van der Waals surface area contributed by atoms with E-state index in [1.807, 2.05) is 6.92 Å². The van der Waals surface area contributed by atoms with Crippen molar-refractivity contribution in [3.8, 4) is 0 Å². The van der Waals surface area contributed by atoms with Crippen LogP contribution in [0.3, 0.4) is 0 Å². The third-order valence-electron chi connectivity index (χ3n) is 4.09. The first kappa shape index (κ1) is 14.4. The van der Waals surface area contributed by atoms with Crippen LogP contribution in [0, 0.1) is 11.6 Å². The molecule has 1 aliphatic rings. The second-order valence-electron chi connectivity index (χ2n) is 5.28. The Kier molecular flexibility index (Phi) is 4.88. The minimum atomic E-state index is -0.454. The van der Waals surface area contributed by atoms with Crippen LogP contribution in [0.2, 0.25) is 0 Å². The second-order valence-corrected chi connectivity index (χ2v) is 5.28. The van der Waals surface area contributed by atoms with E-state index < -0.39 is 11.6 Å². The van der Waals surface area contributed by atoms with Crippen molar-refractivity contribution in [1.29, 1.82) is 0 Å². The molecule has 0 amide bonds. The average Bonchev–Trinajstić information content (AvgIpc) is 2.39. The van der Waals surface area contributed by atoms with Crippen molar-refractivity contribution in [2.24, 2.45) is 5.73 Å². The summed E-state index contributed by atoms with van der Waals surface area (Å²) in [5.41, 5.74) is 5.83. The number of rotatable bonds is 4. The molecule has 1 aromatic carbocycles. The van der Waals surface area contributed by atoms with Gasteiger partial charge in [-0.1, -0.05) is 12.5 Å². The van der Waals surface area contributed by atoms with E-state index in [-0.39, 0.29) is 11.6 Å². The lowest BCUT2D eigenvalue weighted by Crippen LogP contribution is -2.42. The van der Waals surface area contributed by atoms with E-state index in [1.54, 1.807) is 0 Å². The number of likely N-dealkylation sites (tertiary alicyclic amines) is 1. The number of hydrogen-bond donors (Lipinski definition) is 1. The van der Waals surface area contributed by atoms with Gasteiger partial charge in [0.2, 0.25) is 0 Å². The molecule has 2 rings (SSSR count). The summed E-state index contributed by atoms with van der Waals surface area (Å²) < 4.78 is 27.8. The van der Waals surface area contributed by atoms with Gasteiger partial charge in [-0.3, -0.25) is 4.90 Å². The Balaban J connectivity index is 2.23. The normalized spacial score (nSPS) is 22.4. The molecular formula is C15H22F2N2. The molecule has 0 saturated carbocycles. The zero-order valence-corrected chi connectivity index (χ0v) is 11.4. The van der Waals surface area contributed by atoms with Gasteiger partial charge in [0.1, 0.15) is 11.6 Å². The summed E-state index contributed by atoms with van der Waals surface area (Å²) in [6, 6.07) is 4.17. The van der Waals surface area contributed by atoms with Crippen LogP contribution in [0.1, 0.15) is 44.2 Å². The van der Waals surface area contributed by atoms with Crippen LogP contribution in [0.5, 0.6) is 0 Å². The molecular weight excluding hydrogens is 246 g/mol. The van der Waals surface area contributed by atoms with E-state index >= 15 is 0 Å². The van der Waals surface area contributed by atoms with Crippen molar-refractivity contribution in [2.45, 2.75) is 44.7 Å². The number of halogens is 2. The maximum absolute atomic E-state index is 13.9. The molecule has 0 aromatic heterocycles. The molecule has 2 unspecified atom stereocenters. The Labute approximate surface area is 113 Å². The van der Waals surface area contributed by atoms with Gasteiger partial charge < -0.3 is 5.73 Å². The standard InChI is InChI=1S/C15H22F2N2/c1-11(15-13(16)6-4-7-14(15)17)19-10-3-2-5-12(19)8-9-18/h4,6-7,11-12H,2-3,5,8-10,18H2,1H3. The molecule has 1 aromatic rings. The number of benzene rings is 1. The molecule has 19 heavy (non-hydrogen) atoms. The summed E-state index contributed by atoms with van der Waals surface area (Å²) in [5.74, 6) is -0.908. The molecule has 2 nitrogen and oxygen atoms in total. The second kappa shape index (κ2) is 6.44. The lowest BCUT2D eigenvalue weighted by Gasteiger charge is -2.40. The van der Waals surface area contributed by atoms with Crippen molar-refractivity contribution in [1.82, 2.24) is 4.90 Å². The number of piperidine rings is 1. The van der Waals surface area contributed by atoms with Crippen LogP contribution in [0.25, 0.3) is 0 Å². The molecule has 0 spiro atoms. The molecule has 2 atom stereocenters. The largest absolute Gasteiger partial charge is 0.330 e. The predicted octanol–water partition coefficient (Wildman–Crippen LogP) is 3.23. The third-order valence-corrected chi connectivity index (χ3v) is 4.09. The monoisotopic (exact) mass is 268 g/mol. The van der Waals surface area contributed by atoms with Gasteiger partial charge in [-0.25, -0.2) is 8.78 Å². The van der Waals surface area contributed by atoms with E-state index in [9.17, 15) is 8.78 Å². The van der Waals surface area contributed by atoms with Crippen molar-refractivity contribution in [2.75, 3.05) is 13.1 Å². The summed E-state index contributed by atoms with van der Waals surface area (Å²) in [7, 11) is 0. The highest BCUT2D eigenvalue weighted by atomic mass is 19.1. The Morgan fingerprint density at radius 2 is 2.00 bits per heavy atom. The first-order valence-electron chi connectivity index (χ1n) is 7.05. The van der Waals surface area contributed by atoms with Crippen molar-refractivity contribution < 1.29 is 8.78 Å². The van der Waals surface area contributed by atoms with Crippen LogP contribution < -0.4 is 5.73 Å². The zero-order valence-electron chi connectivity index (χ0n) is 11.4. The van der Waals surface area contributed by atoms with Gasteiger partial charge in [0.05, 0.1) is 0 Å². The van der Waals surface area contributed by atoms with Gasteiger partial charge in [-0.15, -0.1) is 0 Å². The fourth-order valence-electron chi connectivity index (χ4n) is 3.11. The highest BCUT2D eigenvalue weighted by molar-refractivity contribution is 5.23. The van der Waals surface area contributed by atoms with Gasteiger partial charge in [0.25, 0.3) is 0 Å². The molecule has 2 N–H and O–H groups in total. The van der Waals surface area contributed by atoms with Gasteiger partial charge >= 0.3 is 0 Å². The van der Waals surface area contributed by atoms with Gasteiger partial charge in [-0.2, -0.15) is 0 Å². The summed E-state index contributed by atoms with van der Waals surface area (Å²) in [6.45, 7) is 3.39. The van der Waals surface area contributed by atoms with Gasteiger partial charge in [0.15, 0.2) is 0 Å². The third kappa shape index (κ3) is 3.12. The number of nitrogens with two attached hydrogens (primary N) is 1. The minimum Gasteiger partial charge on any atom is -0.330 e. The smallest absolute Gasteiger partial charge is 0.130 e. The fourth-order valence-corrected chi connectivity index (χ4v) is 3.11. The van der Waals surface area contributed by atoms with E-state index in [0.717, 1.165) is 25.8 Å². The van der Waals surface area contributed by atoms with Crippen molar-refractivity contribution >= 4 is 0 Å². The molecule has 0 radical (unpaired) electrons. The summed E-state index contributed by atoms with van der Waals surface area (Å²) >= 11 is 0. The number of hydrogen-bond acceptors (Lipinski definition) is 2. The molecule has 0 bridgehead atoms. The average molecular weight is 268 g/mol. The van der Waals surface area contributed by atoms with Gasteiger partial charge in [-0.05, 0) is 51.4 Å². The fraction of sp³-hybridized carbons (Fsp3) is 0.600. The van der Waals surface area contributed by atoms with Crippen molar-refractivity contribution in [3.05, 3.63) is 35.4 Å². The first-order valence-corrected chi connectivity index (χ1v) is 7.05. The molecule has 1 fully saturated rings. The SMILES string of the molecule is CC(c1c(F)cccc1F)N1CCCCC1CCN. The van der Waals surface area contributed by atoms with Crippen LogP contribution in [-0.4, -0.2) is 24.0 Å². The maximum atomic E-state index is 13.9. The quantitative estimate of drug-likeness (QED) is 0.908. The van der Waals surface area contributed by atoms with E-state index in [0.29, 0.717) is 12.6 Å². The summed E-state index contributed by atoms with van der Waals surface area (Å²) in [5, 5.41) is 0. The highest BCUT2D eigenvalue weighted by Crippen LogP contribution is 2.32. The van der Waals surface area contributed by atoms with E-state index in [1.165, 1.54) is 24.6 Å². The Bertz CT molecular complexity index is 400. The van der Waals surface area contributed by atoms with E-state index in [4.69, 9.17) is 5.73 Å². The van der Waals surface area contributed by atoms with E-state index in [2.05, 4.69) is 4.90 Å². The van der Waals surface area contributed by atoms with Crippen molar-refractivity contribution in [3.63, 3.8) is 0 Å².